The summed E-state index contributed by atoms with van der Waals surface area (Å²) >= 11 is 0. The van der Waals surface area contributed by atoms with Gasteiger partial charge in [0.05, 0.1) is 11.5 Å². The number of pyridine rings is 1. The van der Waals surface area contributed by atoms with Crippen molar-refractivity contribution in [1.29, 1.82) is 0 Å². The second kappa shape index (κ2) is 9.08. The van der Waals surface area contributed by atoms with E-state index in [1.54, 1.807) is 36.5 Å². The molecular formula is C25H23F2N3O5S. The molecule has 1 aliphatic heterocycles. The number of carbonyl (C=O) groups is 1. The Bertz CT molecular complexity index is 1540. The highest BCUT2D eigenvalue weighted by Crippen LogP contribution is 2.41. The Kier molecular flexibility index (Phi) is 6.07. The smallest absolute Gasteiger partial charge is 0.274 e. The lowest BCUT2D eigenvalue weighted by Gasteiger charge is -2.41. The van der Waals surface area contributed by atoms with Crippen LogP contribution in [0.25, 0.3) is 22.0 Å². The largest absolute Gasteiger partial charge is 0.454 e. The van der Waals surface area contributed by atoms with Gasteiger partial charge in [-0.05, 0) is 36.4 Å². The number of amides is 1. The van der Waals surface area contributed by atoms with Gasteiger partial charge in [0.25, 0.3) is 11.5 Å². The molecule has 3 N–H and O–H groups in total. The fraction of sp³-hybridized carbons (Fsp3) is 0.200. The summed E-state index contributed by atoms with van der Waals surface area (Å²) < 4.78 is 54.8. The summed E-state index contributed by atoms with van der Waals surface area (Å²) in [6.45, 7) is 0.412. The van der Waals surface area contributed by atoms with Crippen molar-refractivity contribution in [3.63, 3.8) is 0 Å². The van der Waals surface area contributed by atoms with Crippen LogP contribution in [0.4, 0.5) is 8.78 Å². The van der Waals surface area contributed by atoms with Gasteiger partial charge >= 0.3 is 0 Å². The van der Waals surface area contributed by atoms with Gasteiger partial charge in [0.1, 0.15) is 17.1 Å². The first-order valence-corrected chi connectivity index (χ1v) is 13.0. The van der Waals surface area contributed by atoms with Crippen molar-refractivity contribution in [1.82, 2.24) is 14.5 Å². The number of carbonyl (C=O) groups excluding carboxylic acids is 1. The van der Waals surface area contributed by atoms with Crippen LogP contribution in [-0.2, 0) is 7.05 Å². The zero-order chi connectivity index (χ0) is 25.6. The number of ether oxygens (including phenoxy) is 1. The molecule has 188 valence electrons. The van der Waals surface area contributed by atoms with Crippen LogP contribution in [0.3, 0.4) is 0 Å². The van der Waals surface area contributed by atoms with Crippen molar-refractivity contribution >= 4 is 27.4 Å². The van der Waals surface area contributed by atoms with Crippen molar-refractivity contribution in [2.24, 2.45) is 7.05 Å². The summed E-state index contributed by atoms with van der Waals surface area (Å²) in [6.07, 6.45) is 3.23. The first-order valence-electron chi connectivity index (χ1n) is 11.1. The number of hydrogen-bond donors (Lipinski definition) is 3. The summed E-state index contributed by atoms with van der Waals surface area (Å²) in [4.78, 5) is 30.3. The van der Waals surface area contributed by atoms with Gasteiger partial charge in [0.2, 0.25) is 0 Å². The number of halogens is 2. The molecule has 2 aromatic heterocycles. The summed E-state index contributed by atoms with van der Waals surface area (Å²) in [6, 6.07) is 9.33. The Balaban J connectivity index is 1.62. The normalized spacial score (nSPS) is 16.2. The first kappa shape index (κ1) is 24.0. The summed E-state index contributed by atoms with van der Waals surface area (Å²) in [5.74, 6) is -1.71. The van der Waals surface area contributed by atoms with Gasteiger partial charge in [-0.1, -0.05) is 0 Å². The van der Waals surface area contributed by atoms with Crippen molar-refractivity contribution in [3.05, 3.63) is 82.4 Å². The number of aromatic amines is 1. The van der Waals surface area contributed by atoms with Gasteiger partial charge in [-0.3, -0.25) is 18.7 Å². The molecule has 1 aliphatic rings. The summed E-state index contributed by atoms with van der Waals surface area (Å²) in [5, 5.41) is 0.582. The highest BCUT2D eigenvalue weighted by molar-refractivity contribution is 8.24. The molecule has 36 heavy (non-hydrogen) atoms. The third-order valence-electron chi connectivity index (χ3n) is 6.19. The average Bonchev–Trinajstić information content (AvgIpc) is 3.33. The van der Waals surface area contributed by atoms with E-state index >= 15 is 0 Å². The number of benzene rings is 2. The topological polar surface area (TPSA) is 108 Å². The molecule has 0 bridgehead atoms. The van der Waals surface area contributed by atoms with Crippen LogP contribution < -0.4 is 10.3 Å². The Morgan fingerprint density at radius 3 is 2.47 bits per heavy atom. The van der Waals surface area contributed by atoms with E-state index in [4.69, 9.17) is 4.74 Å². The molecule has 1 fully saturated rings. The first-order chi connectivity index (χ1) is 17.1. The fourth-order valence-corrected chi connectivity index (χ4v) is 5.46. The van der Waals surface area contributed by atoms with Crippen molar-refractivity contribution in [2.75, 3.05) is 24.6 Å². The number of nitrogens with one attached hydrogen (secondary N) is 1. The average molecular weight is 516 g/mol. The van der Waals surface area contributed by atoms with Crippen LogP contribution in [0.2, 0.25) is 0 Å². The molecule has 2 aromatic carbocycles. The van der Waals surface area contributed by atoms with Gasteiger partial charge in [0.15, 0.2) is 11.6 Å². The minimum atomic E-state index is -2.67. The quantitative estimate of drug-likeness (QED) is 0.362. The van der Waals surface area contributed by atoms with Crippen LogP contribution in [0.15, 0.2) is 59.7 Å². The third-order valence-corrected chi connectivity index (χ3v) is 7.86. The number of aromatic nitrogens is 2. The number of rotatable bonds is 4. The van der Waals surface area contributed by atoms with E-state index in [9.17, 15) is 27.5 Å². The minimum absolute atomic E-state index is 0.113. The third kappa shape index (κ3) is 4.48. The lowest BCUT2D eigenvalue weighted by Crippen LogP contribution is -2.42. The molecule has 0 saturated carbocycles. The molecule has 8 nitrogen and oxygen atoms in total. The van der Waals surface area contributed by atoms with E-state index in [2.05, 4.69) is 4.98 Å². The Labute approximate surface area is 206 Å². The molecule has 1 saturated heterocycles. The molecule has 0 unspecified atom stereocenters. The van der Waals surface area contributed by atoms with Gasteiger partial charge in [-0.25, -0.2) is 8.78 Å². The van der Waals surface area contributed by atoms with Gasteiger partial charge in [0, 0.05) is 60.7 Å². The molecule has 11 heteroatoms. The maximum absolute atomic E-state index is 14.4. The molecule has 0 aliphatic carbocycles. The molecule has 0 radical (unpaired) electrons. The number of fused-ring (bicyclic) bond motifs is 1. The van der Waals surface area contributed by atoms with Crippen molar-refractivity contribution in [2.45, 2.75) is 0 Å². The second-order valence-corrected chi connectivity index (χ2v) is 11.0. The summed E-state index contributed by atoms with van der Waals surface area (Å²) in [5.41, 5.74) is 1.41. The van der Waals surface area contributed by atoms with E-state index < -0.39 is 22.2 Å². The van der Waals surface area contributed by atoms with Gasteiger partial charge in [-0.15, -0.1) is 0 Å². The highest BCUT2D eigenvalue weighted by Gasteiger charge is 2.27. The Morgan fingerprint density at radius 2 is 1.75 bits per heavy atom. The minimum Gasteiger partial charge on any atom is -0.454 e. The molecule has 3 heterocycles. The number of hydrogen-bond acceptors (Lipinski definition) is 5. The molecule has 5 rings (SSSR count). The lowest BCUT2D eigenvalue weighted by molar-refractivity contribution is 0.0768. The van der Waals surface area contributed by atoms with E-state index in [1.807, 2.05) is 0 Å². The number of aryl methyl sites for hydroxylation is 1. The summed E-state index contributed by atoms with van der Waals surface area (Å²) in [7, 11) is -1.08. The second-order valence-electron chi connectivity index (χ2n) is 8.62. The maximum Gasteiger partial charge on any atom is 0.274 e. The molecule has 1 amide bonds. The zero-order valence-corrected chi connectivity index (χ0v) is 20.0. The monoisotopic (exact) mass is 515 g/mol. The van der Waals surface area contributed by atoms with Gasteiger partial charge < -0.3 is 19.2 Å². The van der Waals surface area contributed by atoms with E-state index in [0.29, 0.717) is 33.7 Å². The maximum atomic E-state index is 14.4. The van der Waals surface area contributed by atoms with Gasteiger partial charge in [-0.2, -0.15) is 10.6 Å². The fourth-order valence-electron chi connectivity index (χ4n) is 4.23. The van der Waals surface area contributed by atoms with Crippen LogP contribution in [0, 0.1) is 11.6 Å². The molecule has 0 spiro atoms. The lowest BCUT2D eigenvalue weighted by atomic mass is 9.99. The van der Waals surface area contributed by atoms with Crippen LogP contribution in [0.5, 0.6) is 11.5 Å². The predicted octanol–water partition coefficient (Wildman–Crippen LogP) is 4.81. The van der Waals surface area contributed by atoms with Crippen molar-refractivity contribution < 1.29 is 27.4 Å². The molecule has 0 atom stereocenters. The number of H-pyrrole nitrogens is 1. The standard InChI is InChI=1S/C25H23F2N3O5S/c1-29-14-19(17-6-7-28-23(17)25(29)32)18-12-15(24(31)30-8-10-36(33,34)11-9-30)2-4-21(18)35-22-5-3-16(26)13-20(22)27/h2-7,12-14,28,33-34H,8-11H2,1H3. The van der Waals surface area contributed by atoms with Crippen LogP contribution >= 0.6 is 10.6 Å². The van der Waals surface area contributed by atoms with E-state index in [1.165, 1.54) is 22.8 Å². The highest BCUT2D eigenvalue weighted by atomic mass is 32.3. The predicted molar refractivity (Wildman–Crippen MR) is 134 cm³/mol. The SMILES string of the molecule is Cn1cc(-c2cc(C(=O)N3CCS(O)(O)CC3)ccc2Oc2ccc(F)cc2F)c2cc[nH]c2c1=O. The molecular weight excluding hydrogens is 492 g/mol. The van der Waals surface area contributed by atoms with Crippen LogP contribution in [0.1, 0.15) is 10.4 Å². The Hall–Kier alpha value is -3.67. The molecule has 4 aromatic rings. The Morgan fingerprint density at radius 1 is 1.03 bits per heavy atom. The number of nitrogens with zero attached hydrogens (tertiary/aromatic N) is 2. The van der Waals surface area contributed by atoms with Crippen LogP contribution in [-0.4, -0.2) is 54.1 Å². The zero-order valence-electron chi connectivity index (χ0n) is 19.2. The van der Waals surface area contributed by atoms with E-state index in [-0.39, 0.29) is 47.6 Å². The van der Waals surface area contributed by atoms with E-state index in [0.717, 1.165) is 6.07 Å². The van der Waals surface area contributed by atoms with Crippen molar-refractivity contribution in [3.8, 4) is 22.6 Å².